The third kappa shape index (κ3) is 1.53. The molecule has 0 amide bonds. The van der Waals surface area contributed by atoms with Crippen LogP contribution in [0.1, 0.15) is 18.5 Å². The van der Waals surface area contributed by atoms with E-state index in [2.05, 4.69) is 24.7 Å². The van der Waals surface area contributed by atoms with E-state index in [1.165, 1.54) is 5.56 Å². The highest BCUT2D eigenvalue weighted by atomic mass is 32.1. The molecule has 0 fully saturated rings. The summed E-state index contributed by atoms with van der Waals surface area (Å²) in [7, 11) is 0. The summed E-state index contributed by atoms with van der Waals surface area (Å²) in [5, 5.41) is 4.15. The Labute approximate surface area is 66.7 Å². The third-order valence-corrected chi connectivity index (χ3v) is 1.97. The lowest BCUT2D eigenvalue weighted by Gasteiger charge is -2.06. The molecule has 0 aliphatic carbocycles. The Balaban J connectivity index is 2.74. The fourth-order valence-corrected chi connectivity index (χ4v) is 0.925. The molecule has 1 aromatic rings. The van der Waals surface area contributed by atoms with Crippen LogP contribution in [0, 0.1) is 6.92 Å². The van der Waals surface area contributed by atoms with E-state index in [1.54, 1.807) is 0 Å². The van der Waals surface area contributed by atoms with Gasteiger partial charge in [0, 0.05) is 11.9 Å². The summed E-state index contributed by atoms with van der Waals surface area (Å²) in [6.45, 7) is 4.13. The van der Waals surface area contributed by atoms with Gasteiger partial charge < -0.3 is 0 Å². The molecule has 0 aliphatic rings. The summed E-state index contributed by atoms with van der Waals surface area (Å²) in [6.07, 6.45) is 3.89. The Morgan fingerprint density at radius 1 is 1.80 bits per heavy atom. The fraction of sp³-hybridized carbons (Fsp3) is 0.571. The fourth-order valence-electron chi connectivity index (χ4n) is 0.758. The van der Waals surface area contributed by atoms with Gasteiger partial charge in [0.25, 0.3) is 0 Å². The van der Waals surface area contributed by atoms with Crippen molar-refractivity contribution in [2.75, 3.05) is 5.75 Å². The predicted octanol–water partition coefficient (Wildman–Crippen LogP) is 1.68. The zero-order chi connectivity index (χ0) is 7.56. The van der Waals surface area contributed by atoms with Crippen molar-refractivity contribution in [3.8, 4) is 0 Å². The van der Waals surface area contributed by atoms with E-state index in [0.29, 0.717) is 6.04 Å². The first kappa shape index (κ1) is 7.66. The monoisotopic (exact) mass is 156 g/mol. The molecule has 1 heterocycles. The van der Waals surface area contributed by atoms with Gasteiger partial charge >= 0.3 is 0 Å². The van der Waals surface area contributed by atoms with Crippen LogP contribution in [0.5, 0.6) is 0 Å². The van der Waals surface area contributed by atoms with Gasteiger partial charge in [0.1, 0.15) is 0 Å². The van der Waals surface area contributed by atoms with Crippen molar-refractivity contribution < 1.29 is 0 Å². The molecule has 0 spiro atoms. The predicted molar refractivity (Wildman–Crippen MR) is 45.5 cm³/mol. The highest BCUT2D eigenvalue weighted by Gasteiger charge is 2.00. The molecule has 3 heteroatoms. The molecule has 1 aromatic heterocycles. The van der Waals surface area contributed by atoms with Gasteiger partial charge in [-0.25, -0.2) is 0 Å². The molecule has 0 saturated carbocycles. The summed E-state index contributed by atoms with van der Waals surface area (Å²) >= 11 is 4.18. The molecular formula is C7H12N2S. The van der Waals surface area contributed by atoms with Crippen LogP contribution in [0.2, 0.25) is 0 Å². The van der Waals surface area contributed by atoms with Gasteiger partial charge in [0.15, 0.2) is 0 Å². The first-order valence-corrected chi connectivity index (χ1v) is 3.99. The summed E-state index contributed by atoms with van der Waals surface area (Å²) in [5.74, 6) is 0.834. The van der Waals surface area contributed by atoms with Crippen LogP contribution in [-0.2, 0) is 0 Å². The smallest absolute Gasteiger partial charge is 0.0579 e. The van der Waals surface area contributed by atoms with Crippen LogP contribution in [0.3, 0.4) is 0 Å². The maximum Gasteiger partial charge on any atom is 0.0579 e. The lowest BCUT2D eigenvalue weighted by molar-refractivity contribution is 0.541. The second-order valence-corrected chi connectivity index (χ2v) is 2.89. The molecular weight excluding hydrogens is 144 g/mol. The molecule has 1 rings (SSSR count). The topological polar surface area (TPSA) is 17.8 Å². The Kier molecular flexibility index (Phi) is 2.38. The van der Waals surface area contributed by atoms with Gasteiger partial charge in [0.2, 0.25) is 0 Å². The summed E-state index contributed by atoms with van der Waals surface area (Å²) in [4.78, 5) is 0. The minimum absolute atomic E-state index is 0.400. The minimum atomic E-state index is 0.400. The highest BCUT2D eigenvalue weighted by Crippen LogP contribution is 2.06. The molecule has 1 unspecified atom stereocenters. The molecule has 0 saturated heterocycles. The largest absolute Gasteiger partial charge is 0.269 e. The molecule has 10 heavy (non-hydrogen) atoms. The number of nitrogens with zero attached hydrogens (tertiary/aromatic N) is 2. The lowest BCUT2D eigenvalue weighted by atomic mass is 10.4. The zero-order valence-electron chi connectivity index (χ0n) is 6.28. The van der Waals surface area contributed by atoms with Gasteiger partial charge in [0.05, 0.1) is 12.2 Å². The molecule has 0 radical (unpaired) electrons. The van der Waals surface area contributed by atoms with Crippen molar-refractivity contribution >= 4 is 12.6 Å². The SMILES string of the molecule is Cc1cnn(C(C)CS)c1. The Morgan fingerprint density at radius 3 is 2.90 bits per heavy atom. The average molecular weight is 156 g/mol. The Bertz CT molecular complexity index is 207. The van der Waals surface area contributed by atoms with Crippen LogP contribution < -0.4 is 0 Å². The summed E-state index contributed by atoms with van der Waals surface area (Å²) < 4.78 is 1.93. The summed E-state index contributed by atoms with van der Waals surface area (Å²) in [5.41, 5.74) is 1.20. The van der Waals surface area contributed by atoms with Gasteiger partial charge in [-0.1, -0.05) is 0 Å². The second-order valence-electron chi connectivity index (χ2n) is 2.53. The maximum atomic E-state index is 4.18. The highest BCUT2D eigenvalue weighted by molar-refractivity contribution is 7.80. The quantitative estimate of drug-likeness (QED) is 0.645. The van der Waals surface area contributed by atoms with E-state index in [-0.39, 0.29) is 0 Å². The normalized spacial score (nSPS) is 13.5. The van der Waals surface area contributed by atoms with Gasteiger partial charge in [-0.05, 0) is 19.4 Å². The molecule has 2 nitrogen and oxygen atoms in total. The van der Waals surface area contributed by atoms with Gasteiger partial charge in [-0.15, -0.1) is 0 Å². The van der Waals surface area contributed by atoms with Crippen molar-refractivity contribution in [3.63, 3.8) is 0 Å². The number of thiol groups is 1. The van der Waals surface area contributed by atoms with Crippen LogP contribution in [0.25, 0.3) is 0 Å². The van der Waals surface area contributed by atoms with Crippen LogP contribution in [0.15, 0.2) is 12.4 Å². The third-order valence-electron chi connectivity index (χ3n) is 1.45. The van der Waals surface area contributed by atoms with Crippen LogP contribution in [0.4, 0.5) is 0 Å². The van der Waals surface area contributed by atoms with E-state index in [0.717, 1.165) is 5.75 Å². The van der Waals surface area contributed by atoms with Crippen molar-refractivity contribution in [2.45, 2.75) is 19.9 Å². The first-order valence-electron chi connectivity index (χ1n) is 3.35. The van der Waals surface area contributed by atoms with Gasteiger partial charge in [-0.3, -0.25) is 4.68 Å². The summed E-state index contributed by atoms with van der Waals surface area (Å²) in [6, 6.07) is 0.400. The number of aromatic nitrogens is 2. The van der Waals surface area contributed by atoms with Crippen LogP contribution >= 0.6 is 12.6 Å². The van der Waals surface area contributed by atoms with Crippen LogP contribution in [-0.4, -0.2) is 15.5 Å². The van der Waals surface area contributed by atoms with Gasteiger partial charge in [-0.2, -0.15) is 17.7 Å². The number of rotatable bonds is 2. The van der Waals surface area contributed by atoms with E-state index in [9.17, 15) is 0 Å². The standard InChI is InChI=1S/C7H12N2S/c1-6-3-8-9(4-6)7(2)5-10/h3-4,7,10H,5H2,1-2H3. The maximum absolute atomic E-state index is 4.18. The average Bonchev–Trinajstić information content (AvgIpc) is 2.34. The lowest BCUT2D eigenvalue weighted by Crippen LogP contribution is -2.06. The Morgan fingerprint density at radius 2 is 2.50 bits per heavy atom. The van der Waals surface area contributed by atoms with E-state index < -0.39 is 0 Å². The van der Waals surface area contributed by atoms with Crippen molar-refractivity contribution in [2.24, 2.45) is 0 Å². The van der Waals surface area contributed by atoms with Crippen molar-refractivity contribution in [1.29, 1.82) is 0 Å². The zero-order valence-corrected chi connectivity index (χ0v) is 7.18. The molecule has 0 bridgehead atoms. The molecule has 0 aliphatic heterocycles. The Hall–Kier alpha value is -0.440. The van der Waals surface area contributed by atoms with Crippen molar-refractivity contribution in [1.82, 2.24) is 9.78 Å². The molecule has 0 aromatic carbocycles. The van der Waals surface area contributed by atoms with E-state index >= 15 is 0 Å². The minimum Gasteiger partial charge on any atom is -0.269 e. The molecule has 56 valence electrons. The number of aryl methyl sites for hydroxylation is 1. The van der Waals surface area contributed by atoms with Crippen molar-refractivity contribution in [3.05, 3.63) is 18.0 Å². The number of hydrogen-bond donors (Lipinski definition) is 1. The first-order chi connectivity index (χ1) is 4.74. The second kappa shape index (κ2) is 3.10. The number of hydrogen-bond acceptors (Lipinski definition) is 2. The van der Waals surface area contributed by atoms with E-state index in [4.69, 9.17) is 0 Å². The molecule has 0 N–H and O–H groups in total. The molecule has 1 atom stereocenters. The van der Waals surface area contributed by atoms with E-state index in [1.807, 2.05) is 24.0 Å².